The molecular formula is C29H40FNO4. The largest absolute Gasteiger partial charge is 0.466 e. The average Bonchev–Trinajstić information content (AvgIpc) is 3.22. The molecule has 2 aromatic carbocycles. The van der Waals surface area contributed by atoms with Crippen LogP contribution in [0.1, 0.15) is 68.9 Å². The molecule has 0 spiro atoms. The fourth-order valence-corrected chi connectivity index (χ4v) is 5.07. The van der Waals surface area contributed by atoms with Gasteiger partial charge in [0, 0.05) is 18.5 Å². The summed E-state index contributed by atoms with van der Waals surface area (Å²) in [4.78, 5) is 11.7. The van der Waals surface area contributed by atoms with Crippen LogP contribution < -0.4 is 5.32 Å². The third kappa shape index (κ3) is 8.13. The van der Waals surface area contributed by atoms with Crippen LogP contribution in [-0.4, -0.2) is 42.5 Å². The van der Waals surface area contributed by atoms with Crippen molar-refractivity contribution >= 4 is 5.97 Å². The number of esters is 1. The van der Waals surface area contributed by atoms with Gasteiger partial charge in [0.2, 0.25) is 0 Å². The Morgan fingerprint density at radius 1 is 1.17 bits per heavy atom. The summed E-state index contributed by atoms with van der Waals surface area (Å²) < 4.78 is 25.4. The minimum absolute atomic E-state index is 0.109. The Morgan fingerprint density at radius 2 is 1.86 bits per heavy atom. The summed E-state index contributed by atoms with van der Waals surface area (Å²) in [6.07, 6.45) is 2.50. The van der Waals surface area contributed by atoms with Crippen LogP contribution in [0.5, 0.6) is 0 Å². The highest BCUT2D eigenvalue weighted by atomic mass is 19.1. The highest BCUT2D eigenvalue weighted by Gasteiger charge is 2.28. The Balaban J connectivity index is 1.46. The van der Waals surface area contributed by atoms with Gasteiger partial charge in [0.15, 0.2) is 0 Å². The molecule has 0 amide bonds. The van der Waals surface area contributed by atoms with Crippen LogP contribution in [0.2, 0.25) is 0 Å². The van der Waals surface area contributed by atoms with Crippen molar-refractivity contribution in [3.8, 4) is 0 Å². The SMILES string of the molecule is CCOC(=O)CCc1c(F)cccc1C(C)OCC(O)CNC(C)(C)CC1Cc2ccccc2C1. The summed E-state index contributed by atoms with van der Waals surface area (Å²) in [5.41, 5.74) is 3.95. The standard InChI is InChI=1S/C29H40FNO4/c1-5-34-28(33)14-13-26-25(11-8-12-27(26)30)20(2)35-19-24(32)18-31-29(3,4)17-21-15-22-9-6-7-10-23(22)16-21/h6-12,20-21,24,31-32H,5,13-19H2,1-4H3. The van der Waals surface area contributed by atoms with Crippen molar-refractivity contribution in [2.24, 2.45) is 5.92 Å². The Bertz CT molecular complexity index is 952. The molecule has 2 aromatic rings. The first-order valence-electron chi connectivity index (χ1n) is 12.7. The van der Waals surface area contributed by atoms with Crippen LogP contribution in [0.4, 0.5) is 4.39 Å². The maximum atomic E-state index is 14.5. The second-order valence-electron chi connectivity index (χ2n) is 10.3. The molecule has 0 aliphatic heterocycles. The number of hydrogen-bond acceptors (Lipinski definition) is 5. The fourth-order valence-electron chi connectivity index (χ4n) is 5.07. The molecule has 3 rings (SSSR count). The van der Waals surface area contributed by atoms with Gasteiger partial charge in [-0.2, -0.15) is 0 Å². The summed E-state index contributed by atoms with van der Waals surface area (Å²) in [6.45, 7) is 8.79. The van der Waals surface area contributed by atoms with Gasteiger partial charge in [0.25, 0.3) is 0 Å². The molecule has 0 bridgehead atoms. The first-order valence-corrected chi connectivity index (χ1v) is 12.7. The normalized spacial score (nSPS) is 15.6. The van der Waals surface area contributed by atoms with Crippen molar-refractivity contribution in [1.82, 2.24) is 5.32 Å². The van der Waals surface area contributed by atoms with Crippen molar-refractivity contribution in [1.29, 1.82) is 0 Å². The summed E-state index contributed by atoms with van der Waals surface area (Å²) in [5.74, 6) is -0.106. The topological polar surface area (TPSA) is 67.8 Å². The number of rotatable bonds is 13. The highest BCUT2D eigenvalue weighted by molar-refractivity contribution is 5.69. The second-order valence-corrected chi connectivity index (χ2v) is 10.3. The van der Waals surface area contributed by atoms with Crippen LogP contribution in [0.15, 0.2) is 42.5 Å². The van der Waals surface area contributed by atoms with E-state index in [0.29, 0.717) is 30.2 Å². The van der Waals surface area contributed by atoms with Gasteiger partial charge in [-0.3, -0.25) is 4.79 Å². The Morgan fingerprint density at radius 3 is 2.51 bits per heavy atom. The number of carbonyl (C=O) groups is 1. The molecule has 0 radical (unpaired) electrons. The lowest BCUT2D eigenvalue weighted by Crippen LogP contribution is -2.45. The van der Waals surface area contributed by atoms with Gasteiger partial charge >= 0.3 is 5.97 Å². The number of aliphatic hydroxyl groups excluding tert-OH is 1. The molecule has 1 aliphatic carbocycles. The molecule has 0 heterocycles. The molecule has 2 unspecified atom stereocenters. The van der Waals surface area contributed by atoms with Crippen molar-refractivity contribution in [3.63, 3.8) is 0 Å². The molecule has 0 saturated carbocycles. The number of aliphatic hydroxyl groups is 1. The number of fused-ring (bicyclic) bond motifs is 1. The maximum absolute atomic E-state index is 14.5. The first kappa shape index (κ1) is 27.3. The molecular weight excluding hydrogens is 445 g/mol. The number of ether oxygens (including phenoxy) is 2. The molecule has 0 saturated heterocycles. The van der Waals surface area contributed by atoms with E-state index < -0.39 is 12.2 Å². The van der Waals surface area contributed by atoms with E-state index in [0.717, 1.165) is 19.3 Å². The lowest BCUT2D eigenvalue weighted by Gasteiger charge is -2.31. The van der Waals surface area contributed by atoms with E-state index in [1.165, 1.54) is 17.2 Å². The molecule has 0 aromatic heterocycles. The smallest absolute Gasteiger partial charge is 0.306 e. The second kappa shape index (κ2) is 12.6. The van der Waals surface area contributed by atoms with E-state index in [4.69, 9.17) is 9.47 Å². The monoisotopic (exact) mass is 485 g/mol. The van der Waals surface area contributed by atoms with Gasteiger partial charge in [-0.05, 0) is 87.6 Å². The van der Waals surface area contributed by atoms with Crippen LogP contribution in [-0.2, 0) is 33.5 Å². The van der Waals surface area contributed by atoms with Crippen LogP contribution >= 0.6 is 0 Å². The number of hydrogen-bond donors (Lipinski definition) is 2. The molecule has 6 heteroatoms. The van der Waals surface area contributed by atoms with Crippen LogP contribution in [0.25, 0.3) is 0 Å². The van der Waals surface area contributed by atoms with Gasteiger partial charge in [0.05, 0.1) is 25.4 Å². The van der Waals surface area contributed by atoms with Gasteiger partial charge in [-0.1, -0.05) is 36.4 Å². The summed E-state index contributed by atoms with van der Waals surface area (Å²) >= 11 is 0. The van der Waals surface area contributed by atoms with Crippen molar-refractivity contribution in [2.75, 3.05) is 19.8 Å². The predicted octanol–water partition coefficient (Wildman–Crippen LogP) is 4.93. The third-order valence-corrected chi connectivity index (χ3v) is 6.77. The first-order chi connectivity index (χ1) is 16.7. The predicted molar refractivity (Wildman–Crippen MR) is 136 cm³/mol. The molecule has 192 valence electrons. The molecule has 2 atom stereocenters. The lowest BCUT2D eigenvalue weighted by molar-refractivity contribution is -0.143. The zero-order chi connectivity index (χ0) is 25.4. The minimum Gasteiger partial charge on any atom is -0.466 e. The maximum Gasteiger partial charge on any atom is 0.306 e. The number of β-amino-alcohol motifs (C(OH)–C–C–N with tert-alkyl or cyclic N) is 1. The third-order valence-electron chi connectivity index (χ3n) is 6.77. The zero-order valence-corrected chi connectivity index (χ0v) is 21.5. The van der Waals surface area contributed by atoms with E-state index in [2.05, 4.69) is 43.4 Å². The number of nitrogens with one attached hydrogen (secondary N) is 1. The van der Waals surface area contributed by atoms with E-state index in [-0.39, 0.29) is 36.8 Å². The van der Waals surface area contributed by atoms with Crippen molar-refractivity contribution in [2.45, 2.75) is 77.5 Å². The molecule has 5 nitrogen and oxygen atoms in total. The van der Waals surface area contributed by atoms with E-state index in [1.807, 2.05) is 13.0 Å². The van der Waals surface area contributed by atoms with Gasteiger partial charge < -0.3 is 19.9 Å². The van der Waals surface area contributed by atoms with Crippen LogP contribution in [0, 0.1) is 11.7 Å². The summed E-state index contributed by atoms with van der Waals surface area (Å²) in [6, 6.07) is 13.5. The molecule has 0 fully saturated rings. The summed E-state index contributed by atoms with van der Waals surface area (Å²) in [7, 11) is 0. The molecule has 1 aliphatic rings. The average molecular weight is 486 g/mol. The number of carbonyl (C=O) groups excluding carboxylic acids is 1. The van der Waals surface area contributed by atoms with Crippen molar-refractivity contribution in [3.05, 3.63) is 70.5 Å². The highest BCUT2D eigenvalue weighted by Crippen LogP contribution is 2.32. The van der Waals surface area contributed by atoms with Crippen LogP contribution in [0.3, 0.4) is 0 Å². The quantitative estimate of drug-likeness (QED) is 0.394. The molecule has 35 heavy (non-hydrogen) atoms. The Labute approximate surface area is 209 Å². The van der Waals surface area contributed by atoms with Crippen molar-refractivity contribution < 1.29 is 23.8 Å². The van der Waals surface area contributed by atoms with Gasteiger partial charge in [0.1, 0.15) is 5.82 Å². The molecule has 2 N–H and O–H groups in total. The fraction of sp³-hybridized carbons (Fsp3) is 0.552. The Kier molecular flexibility index (Phi) is 9.84. The van der Waals surface area contributed by atoms with E-state index in [9.17, 15) is 14.3 Å². The van der Waals surface area contributed by atoms with Gasteiger partial charge in [-0.15, -0.1) is 0 Å². The zero-order valence-electron chi connectivity index (χ0n) is 21.5. The summed E-state index contributed by atoms with van der Waals surface area (Å²) in [5, 5.41) is 14.0. The number of benzene rings is 2. The Hall–Kier alpha value is -2.28. The van der Waals surface area contributed by atoms with Gasteiger partial charge in [-0.25, -0.2) is 4.39 Å². The van der Waals surface area contributed by atoms with E-state index >= 15 is 0 Å². The van der Waals surface area contributed by atoms with E-state index in [1.54, 1.807) is 13.0 Å². The minimum atomic E-state index is -0.686. The number of halogens is 1. The lowest BCUT2D eigenvalue weighted by atomic mass is 9.88.